The van der Waals surface area contributed by atoms with Crippen LogP contribution in [0.25, 0.3) is 0 Å². The predicted octanol–water partition coefficient (Wildman–Crippen LogP) is 4.02. The first-order valence-electron chi connectivity index (χ1n) is 7.68. The van der Waals surface area contributed by atoms with Gasteiger partial charge >= 0.3 is 6.09 Å². The maximum absolute atomic E-state index is 12.2. The van der Waals surface area contributed by atoms with Crippen LogP contribution in [0.5, 0.6) is 0 Å². The summed E-state index contributed by atoms with van der Waals surface area (Å²) in [5.74, 6) is -0.0267. The summed E-state index contributed by atoms with van der Waals surface area (Å²) in [6.07, 6.45) is 0.736. The number of nitrogens with zero attached hydrogens (tertiary/aromatic N) is 1. The van der Waals surface area contributed by atoms with Crippen LogP contribution in [0.15, 0.2) is 24.3 Å². The van der Waals surface area contributed by atoms with Crippen LogP contribution in [-0.2, 0) is 4.74 Å². The van der Waals surface area contributed by atoms with E-state index in [1.54, 1.807) is 11.0 Å². The van der Waals surface area contributed by atoms with E-state index < -0.39 is 11.7 Å². The van der Waals surface area contributed by atoms with E-state index >= 15 is 0 Å². The van der Waals surface area contributed by atoms with Gasteiger partial charge in [0, 0.05) is 24.0 Å². The molecule has 1 saturated heterocycles. The van der Waals surface area contributed by atoms with Gasteiger partial charge in [0.05, 0.1) is 6.10 Å². The van der Waals surface area contributed by atoms with Gasteiger partial charge in [-0.25, -0.2) is 4.79 Å². The Kier molecular flexibility index (Phi) is 5.35. The maximum atomic E-state index is 12.2. The summed E-state index contributed by atoms with van der Waals surface area (Å²) in [6, 6.07) is 7.30. The normalized spacial score (nSPS) is 20.6. The second-order valence-corrected chi connectivity index (χ2v) is 7.20. The molecule has 4 nitrogen and oxygen atoms in total. The third-order valence-corrected chi connectivity index (χ3v) is 4.12. The van der Waals surface area contributed by atoms with Gasteiger partial charge in [0.15, 0.2) is 0 Å². The number of aliphatic hydroxyl groups excluding tert-OH is 1. The van der Waals surface area contributed by atoms with Crippen molar-refractivity contribution in [3.8, 4) is 0 Å². The molecule has 1 heterocycles. The fourth-order valence-electron chi connectivity index (χ4n) is 2.73. The molecule has 2 rings (SSSR count). The topological polar surface area (TPSA) is 49.8 Å². The fraction of sp³-hybridized carbons (Fsp3) is 0.588. The van der Waals surface area contributed by atoms with Crippen LogP contribution in [0.1, 0.15) is 45.3 Å². The average molecular weight is 326 g/mol. The van der Waals surface area contributed by atoms with Crippen molar-refractivity contribution in [3.63, 3.8) is 0 Å². The van der Waals surface area contributed by atoms with E-state index in [4.69, 9.17) is 16.3 Å². The van der Waals surface area contributed by atoms with Gasteiger partial charge in [0.25, 0.3) is 0 Å². The van der Waals surface area contributed by atoms with E-state index in [-0.39, 0.29) is 12.0 Å². The lowest BCUT2D eigenvalue weighted by atomic mass is 9.88. The van der Waals surface area contributed by atoms with Crippen molar-refractivity contribution in [1.29, 1.82) is 0 Å². The quantitative estimate of drug-likeness (QED) is 0.893. The Morgan fingerprint density at radius 2 is 2.09 bits per heavy atom. The molecule has 1 aliphatic heterocycles. The molecule has 0 saturated carbocycles. The zero-order chi connectivity index (χ0) is 16.3. The van der Waals surface area contributed by atoms with Gasteiger partial charge in [-0.1, -0.05) is 29.8 Å². The van der Waals surface area contributed by atoms with E-state index in [0.29, 0.717) is 18.1 Å². The molecule has 0 aliphatic carbocycles. The number of halogens is 1. The summed E-state index contributed by atoms with van der Waals surface area (Å²) in [5, 5.41) is 11.2. The fourth-order valence-corrected chi connectivity index (χ4v) is 2.98. The van der Waals surface area contributed by atoms with Crippen molar-refractivity contribution in [2.45, 2.75) is 45.3 Å². The molecule has 5 heteroatoms. The Morgan fingerprint density at radius 1 is 1.41 bits per heavy atom. The van der Waals surface area contributed by atoms with Crippen molar-refractivity contribution >= 4 is 17.7 Å². The monoisotopic (exact) mass is 325 g/mol. The molecule has 1 aromatic rings. The summed E-state index contributed by atoms with van der Waals surface area (Å²) >= 11 is 6.16. The number of hydrogen-bond acceptors (Lipinski definition) is 3. The molecule has 0 bridgehead atoms. The zero-order valence-electron chi connectivity index (χ0n) is 13.4. The van der Waals surface area contributed by atoms with E-state index in [2.05, 4.69) is 0 Å². The highest BCUT2D eigenvalue weighted by Gasteiger charge is 2.32. The number of benzene rings is 1. The molecule has 1 fully saturated rings. The van der Waals surface area contributed by atoms with Crippen LogP contribution in [0.2, 0.25) is 5.02 Å². The highest BCUT2D eigenvalue weighted by molar-refractivity contribution is 6.31. The molecular weight excluding hydrogens is 302 g/mol. The van der Waals surface area contributed by atoms with Crippen LogP contribution < -0.4 is 0 Å². The minimum Gasteiger partial charge on any atom is -0.444 e. The van der Waals surface area contributed by atoms with Gasteiger partial charge in [-0.15, -0.1) is 0 Å². The molecule has 2 atom stereocenters. The third-order valence-electron chi connectivity index (χ3n) is 3.78. The first-order chi connectivity index (χ1) is 10.3. The van der Waals surface area contributed by atoms with Crippen LogP contribution >= 0.6 is 11.6 Å². The number of piperidine rings is 1. The Bertz CT molecular complexity index is 527. The molecule has 22 heavy (non-hydrogen) atoms. The maximum Gasteiger partial charge on any atom is 0.410 e. The number of hydrogen-bond donors (Lipinski definition) is 1. The lowest BCUT2D eigenvalue weighted by molar-refractivity contribution is 0.00241. The first kappa shape index (κ1) is 17.1. The largest absolute Gasteiger partial charge is 0.444 e. The molecule has 0 radical (unpaired) electrons. The smallest absolute Gasteiger partial charge is 0.410 e. The summed E-state index contributed by atoms with van der Waals surface area (Å²) in [5.41, 5.74) is 0.214. The third kappa shape index (κ3) is 4.37. The van der Waals surface area contributed by atoms with Crippen LogP contribution in [-0.4, -0.2) is 34.8 Å². The molecule has 1 aliphatic rings. The standard InChI is InChI=1S/C17H24ClNO3/c1-17(2,3)22-16(21)19-10-6-7-12(11-19)15(20)13-8-4-5-9-14(13)18/h4-5,8-9,12,15,20H,6-7,10-11H2,1-3H3/t12-,15-/m0/s1. The Hall–Kier alpha value is -1.26. The van der Waals surface area contributed by atoms with Gasteiger partial charge in [0.2, 0.25) is 0 Å². The van der Waals surface area contributed by atoms with Gasteiger partial charge in [0.1, 0.15) is 5.60 Å². The number of likely N-dealkylation sites (tertiary alicyclic amines) is 1. The number of carbonyl (C=O) groups is 1. The number of aliphatic hydroxyl groups is 1. The summed E-state index contributed by atoms with van der Waals surface area (Å²) in [7, 11) is 0. The number of rotatable bonds is 2. The zero-order valence-corrected chi connectivity index (χ0v) is 14.1. The highest BCUT2D eigenvalue weighted by atomic mass is 35.5. The molecule has 1 N–H and O–H groups in total. The molecule has 1 aromatic carbocycles. The van der Waals surface area contributed by atoms with Crippen molar-refractivity contribution in [1.82, 2.24) is 4.90 Å². The Morgan fingerprint density at radius 3 is 2.73 bits per heavy atom. The van der Waals surface area contributed by atoms with Crippen molar-refractivity contribution in [2.75, 3.05) is 13.1 Å². The number of ether oxygens (including phenoxy) is 1. The van der Waals surface area contributed by atoms with Gasteiger partial charge < -0.3 is 14.7 Å². The number of carbonyl (C=O) groups excluding carboxylic acids is 1. The van der Waals surface area contributed by atoms with Gasteiger partial charge in [-0.05, 0) is 45.2 Å². The van der Waals surface area contributed by atoms with Crippen molar-refractivity contribution < 1.29 is 14.6 Å². The van der Waals surface area contributed by atoms with E-state index in [9.17, 15) is 9.90 Å². The predicted molar refractivity (Wildman–Crippen MR) is 86.9 cm³/mol. The van der Waals surface area contributed by atoms with Crippen molar-refractivity contribution in [3.05, 3.63) is 34.9 Å². The van der Waals surface area contributed by atoms with E-state index in [1.165, 1.54) is 0 Å². The summed E-state index contributed by atoms with van der Waals surface area (Å²) < 4.78 is 5.41. The van der Waals surface area contributed by atoms with Gasteiger partial charge in [-0.2, -0.15) is 0 Å². The molecule has 1 amide bonds. The Balaban J connectivity index is 2.04. The van der Waals surface area contributed by atoms with Gasteiger partial charge in [-0.3, -0.25) is 0 Å². The first-order valence-corrected chi connectivity index (χ1v) is 8.06. The second-order valence-electron chi connectivity index (χ2n) is 6.80. The molecule has 122 valence electrons. The van der Waals surface area contributed by atoms with Crippen molar-refractivity contribution in [2.24, 2.45) is 5.92 Å². The van der Waals surface area contributed by atoms with Crippen LogP contribution in [0.3, 0.4) is 0 Å². The van der Waals surface area contributed by atoms with E-state index in [0.717, 1.165) is 18.4 Å². The summed E-state index contributed by atoms with van der Waals surface area (Å²) in [4.78, 5) is 13.9. The molecule has 0 aromatic heterocycles. The lowest BCUT2D eigenvalue weighted by Gasteiger charge is -2.36. The van der Waals surface area contributed by atoms with Crippen LogP contribution in [0.4, 0.5) is 4.79 Å². The summed E-state index contributed by atoms with van der Waals surface area (Å²) in [6.45, 7) is 6.71. The second kappa shape index (κ2) is 6.88. The minimum absolute atomic E-state index is 0.0267. The molecular formula is C17H24ClNO3. The van der Waals surface area contributed by atoms with E-state index in [1.807, 2.05) is 39.0 Å². The lowest BCUT2D eigenvalue weighted by Crippen LogP contribution is -2.44. The highest BCUT2D eigenvalue weighted by Crippen LogP contribution is 2.33. The average Bonchev–Trinajstić information content (AvgIpc) is 2.45. The van der Waals surface area contributed by atoms with Crippen LogP contribution in [0, 0.1) is 5.92 Å². The minimum atomic E-state index is -0.668. The Labute approximate surface area is 137 Å². The SMILES string of the molecule is CC(C)(C)OC(=O)N1CCC[C@H]([C@H](O)c2ccccc2Cl)C1. The molecule has 0 unspecified atom stereocenters. The molecule has 0 spiro atoms. The number of amides is 1.